The molecule has 1 atom stereocenters. The van der Waals surface area contributed by atoms with E-state index in [0.717, 1.165) is 13.1 Å². The van der Waals surface area contributed by atoms with Gasteiger partial charge >= 0.3 is 0 Å². The second kappa shape index (κ2) is 6.48. The summed E-state index contributed by atoms with van der Waals surface area (Å²) < 4.78 is 1.20. The Kier molecular flexibility index (Phi) is 5.14. The first-order valence-corrected chi connectivity index (χ1v) is 8.58. The van der Waals surface area contributed by atoms with Gasteiger partial charge in [-0.05, 0) is 46.8 Å². The second-order valence-electron chi connectivity index (χ2n) is 6.26. The number of anilines is 1. The van der Waals surface area contributed by atoms with Crippen LogP contribution in [0.5, 0.6) is 0 Å². The molecule has 1 N–H and O–H groups in total. The zero-order valence-corrected chi connectivity index (χ0v) is 14.7. The molecule has 112 valence electrons. The van der Waals surface area contributed by atoms with Crippen LogP contribution in [0.25, 0.3) is 0 Å². The Hall–Kier alpha value is -0.540. The average Bonchev–Trinajstić information content (AvgIpc) is 2.47. The van der Waals surface area contributed by atoms with Gasteiger partial charge in [-0.3, -0.25) is 0 Å². The van der Waals surface area contributed by atoms with Gasteiger partial charge in [0.2, 0.25) is 0 Å². The maximum absolute atomic E-state index is 3.83. The van der Waals surface area contributed by atoms with Gasteiger partial charge < -0.3 is 10.2 Å². The Balaban J connectivity index is 2.35. The maximum atomic E-state index is 3.83. The van der Waals surface area contributed by atoms with Crippen LogP contribution in [0, 0.1) is 5.92 Å². The number of nitrogens with zero attached hydrogens (tertiary/aromatic N) is 1. The summed E-state index contributed by atoms with van der Waals surface area (Å²) in [4.78, 5) is 2.61. The van der Waals surface area contributed by atoms with Crippen molar-refractivity contribution in [2.75, 3.05) is 18.0 Å². The Labute approximate surface area is 132 Å². The van der Waals surface area contributed by atoms with Crippen LogP contribution in [-0.4, -0.2) is 24.7 Å². The van der Waals surface area contributed by atoms with E-state index in [0.29, 0.717) is 12.0 Å². The molecule has 0 spiro atoms. The molecule has 1 aromatic carbocycles. The lowest BCUT2D eigenvalue weighted by Crippen LogP contribution is -2.65. The fourth-order valence-corrected chi connectivity index (χ4v) is 3.71. The van der Waals surface area contributed by atoms with Crippen molar-refractivity contribution < 1.29 is 0 Å². The molecule has 0 radical (unpaired) electrons. The highest BCUT2D eigenvalue weighted by atomic mass is 79.9. The number of rotatable bonds is 4. The SMILES string of the molecule is CCC1(CC)CN(c2ccccc2Br)C(C(C)C)CN1. The monoisotopic (exact) mass is 338 g/mol. The molecule has 20 heavy (non-hydrogen) atoms. The van der Waals surface area contributed by atoms with E-state index in [2.05, 4.69) is 78.1 Å². The van der Waals surface area contributed by atoms with Crippen LogP contribution in [-0.2, 0) is 0 Å². The van der Waals surface area contributed by atoms with E-state index in [9.17, 15) is 0 Å². The lowest BCUT2D eigenvalue weighted by Gasteiger charge is -2.50. The summed E-state index contributed by atoms with van der Waals surface area (Å²) in [5.74, 6) is 0.640. The standard InChI is InChI=1S/C17H27BrN2/c1-5-17(6-2)12-20(16(11-19-17)13(3)4)15-10-8-7-9-14(15)18/h7-10,13,16,19H,5-6,11-12H2,1-4H3. The van der Waals surface area contributed by atoms with Gasteiger partial charge in [-0.1, -0.05) is 39.8 Å². The van der Waals surface area contributed by atoms with Gasteiger partial charge in [0.05, 0.1) is 5.69 Å². The number of nitrogens with one attached hydrogen (secondary N) is 1. The number of benzene rings is 1. The molecule has 0 aromatic heterocycles. The van der Waals surface area contributed by atoms with E-state index < -0.39 is 0 Å². The van der Waals surface area contributed by atoms with E-state index in [1.54, 1.807) is 0 Å². The Morgan fingerprint density at radius 2 is 1.95 bits per heavy atom. The minimum absolute atomic E-state index is 0.251. The highest BCUT2D eigenvalue weighted by Gasteiger charge is 2.38. The van der Waals surface area contributed by atoms with E-state index in [4.69, 9.17) is 0 Å². The molecule has 1 heterocycles. The van der Waals surface area contributed by atoms with Crippen LogP contribution in [0.1, 0.15) is 40.5 Å². The highest BCUT2D eigenvalue weighted by Crippen LogP contribution is 2.34. The first-order valence-electron chi connectivity index (χ1n) is 7.79. The van der Waals surface area contributed by atoms with Crippen LogP contribution in [0.15, 0.2) is 28.7 Å². The van der Waals surface area contributed by atoms with Crippen LogP contribution < -0.4 is 10.2 Å². The predicted molar refractivity (Wildman–Crippen MR) is 91.4 cm³/mol. The molecule has 1 fully saturated rings. The third kappa shape index (κ3) is 3.04. The van der Waals surface area contributed by atoms with Gasteiger partial charge in [-0.15, -0.1) is 0 Å². The topological polar surface area (TPSA) is 15.3 Å². The lowest BCUT2D eigenvalue weighted by molar-refractivity contribution is 0.227. The fourth-order valence-electron chi connectivity index (χ4n) is 3.20. The average molecular weight is 339 g/mol. The van der Waals surface area contributed by atoms with Crippen molar-refractivity contribution in [3.63, 3.8) is 0 Å². The quantitative estimate of drug-likeness (QED) is 0.872. The molecule has 0 saturated carbocycles. The van der Waals surface area contributed by atoms with Crippen molar-refractivity contribution in [1.82, 2.24) is 5.32 Å². The Morgan fingerprint density at radius 3 is 2.50 bits per heavy atom. The van der Waals surface area contributed by atoms with Crippen molar-refractivity contribution in [1.29, 1.82) is 0 Å². The molecule has 2 rings (SSSR count). The van der Waals surface area contributed by atoms with Gasteiger partial charge in [0.25, 0.3) is 0 Å². The second-order valence-corrected chi connectivity index (χ2v) is 7.11. The lowest BCUT2D eigenvalue weighted by atomic mass is 9.86. The van der Waals surface area contributed by atoms with E-state index in [-0.39, 0.29) is 5.54 Å². The van der Waals surface area contributed by atoms with Crippen LogP contribution in [0.2, 0.25) is 0 Å². The zero-order chi connectivity index (χ0) is 14.8. The highest BCUT2D eigenvalue weighted by molar-refractivity contribution is 9.10. The summed E-state index contributed by atoms with van der Waals surface area (Å²) in [7, 11) is 0. The fraction of sp³-hybridized carbons (Fsp3) is 0.647. The molecule has 1 aromatic rings. The summed E-state index contributed by atoms with van der Waals surface area (Å²) in [6.45, 7) is 11.4. The van der Waals surface area contributed by atoms with Crippen molar-refractivity contribution in [3.8, 4) is 0 Å². The molecule has 1 unspecified atom stereocenters. The summed E-state index contributed by atoms with van der Waals surface area (Å²) in [5.41, 5.74) is 1.58. The molecule has 1 aliphatic heterocycles. The van der Waals surface area contributed by atoms with Crippen molar-refractivity contribution >= 4 is 21.6 Å². The minimum atomic E-state index is 0.251. The molecule has 2 nitrogen and oxygen atoms in total. The number of halogens is 1. The maximum Gasteiger partial charge on any atom is 0.0514 e. The smallest absolute Gasteiger partial charge is 0.0514 e. The Morgan fingerprint density at radius 1 is 1.30 bits per heavy atom. The van der Waals surface area contributed by atoms with E-state index >= 15 is 0 Å². The molecule has 1 aliphatic rings. The molecule has 1 saturated heterocycles. The van der Waals surface area contributed by atoms with Gasteiger partial charge in [-0.2, -0.15) is 0 Å². The van der Waals surface area contributed by atoms with Crippen LogP contribution in [0.3, 0.4) is 0 Å². The first kappa shape index (κ1) is 15.8. The molecule has 0 bridgehead atoms. The van der Waals surface area contributed by atoms with Gasteiger partial charge in [0.1, 0.15) is 0 Å². The Bertz CT molecular complexity index is 440. The summed E-state index contributed by atoms with van der Waals surface area (Å²) in [5, 5.41) is 3.83. The number of hydrogen-bond donors (Lipinski definition) is 1. The number of para-hydroxylation sites is 1. The molecule has 3 heteroatoms. The third-order valence-corrected chi connectivity index (χ3v) is 5.52. The van der Waals surface area contributed by atoms with Crippen molar-refractivity contribution in [3.05, 3.63) is 28.7 Å². The largest absolute Gasteiger partial charge is 0.364 e. The summed E-state index contributed by atoms with van der Waals surface area (Å²) >= 11 is 3.73. The number of piperazine rings is 1. The van der Waals surface area contributed by atoms with Crippen molar-refractivity contribution in [2.24, 2.45) is 5.92 Å². The third-order valence-electron chi connectivity index (χ3n) is 4.84. The minimum Gasteiger partial charge on any atom is -0.364 e. The summed E-state index contributed by atoms with van der Waals surface area (Å²) in [6, 6.07) is 9.17. The number of hydrogen-bond acceptors (Lipinski definition) is 2. The van der Waals surface area contributed by atoms with E-state index in [1.165, 1.54) is 23.0 Å². The van der Waals surface area contributed by atoms with Crippen LogP contribution in [0.4, 0.5) is 5.69 Å². The first-order chi connectivity index (χ1) is 9.53. The molecular formula is C17H27BrN2. The predicted octanol–water partition coefficient (Wildman–Crippen LogP) is 4.44. The normalized spacial score (nSPS) is 22.3. The summed E-state index contributed by atoms with van der Waals surface area (Å²) in [6.07, 6.45) is 2.35. The van der Waals surface area contributed by atoms with E-state index in [1.807, 2.05) is 0 Å². The van der Waals surface area contributed by atoms with Crippen LogP contribution >= 0.6 is 15.9 Å². The zero-order valence-electron chi connectivity index (χ0n) is 13.1. The molecule has 0 amide bonds. The van der Waals surface area contributed by atoms with Gasteiger partial charge in [-0.25, -0.2) is 0 Å². The van der Waals surface area contributed by atoms with Gasteiger partial charge in [0.15, 0.2) is 0 Å². The molecule has 0 aliphatic carbocycles. The van der Waals surface area contributed by atoms with Crippen molar-refractivity contribution in [2.45, 2.75) is 52.1 Å². The molecular weight excluding hydrogens is 312 g/mol. The van der Waals surface area contributed by atoms with Gasteiger partial charge in [0, 0.05) is 29.1 Å².